The van der Waals surface area contributed by atoms with E-state index in [4.69, 9.17) is 22.8 Å². The second-order valence-corrected chi connectivity index (χ2v) is 9.52. The van der Waals surface area contributed by atoms with E-state index in [0.717, 1.165) is 22.5 Å². The molecule has 0 saturated carbocycles. The van der Waals surface area contributed by atoms with Gasteiger partial charge in [-0.15, -0.1) is 0 Å². The third kappa shape index (κ3) is 3.78. The summed E-state index contributed by atoms with van der Waals surface area (Å²) < 4.78 is 11.3. The van der Waals surface area contributed by atoms with E-state index in [1.54, 1.807) is 18.2 Å². The third-order valence-electron chi connectivity index (χ3n) is 2.24. The largest absolute Gasteiger partial charge is 0.348 e. The summed E-state index contributed by atoms with van der Waals surface area (Å²) in [5.41, 5.74) is 1.72. The van der Waals surface area contributed by atoms with Crippen LogP contribution in [0.1, 0.15) is 0 Å². The summed E-state index contributed by atoms with van der Waals surface area (Å²) in [5, 5.41) is 0.570. The topological polar surface area (TPSA) is 37.3 Å². The van der Waals surface area contributed by atoms with Crippen molar-refractivity contribution in [3.8, 4) is 11.1 Å². The Hall–Kier alpha value is -0.440. The van der Waals surface area contributed by atoms with Crippen LogP contribution in [0.3, 0.4) is 0 Å². The van der Waals surface area contributed by atoms with Crippen LogP contribution in [0.15, 0.2) is 53.4 Å². The molecule has 2 aromatic carbocycles. The van der Waals surface area contributed by atoms with Gasteiger partial charge >= 0.3 is 5.92 Å². The molecule has 0 bridgehead atoms. The first-order valence-electron chi connectivity index (χ1n) is 5.03. The first-order chi connectivity index (χ1) is 8.46. The third-order valence-corrected chi connectivity index (χ3v) is 5.14. The number of hydrogen-bond acceptors (Lipinski definition) is 2. The van der Waals surface area contributed by atoms with Gasteiger partial charge in [-0.05, 0) is 51.9 Å². The van der Waals surface area contributed by atoms with Crippen LogP contribution in [-0.4, -0.2) is 4.89 Å². The average Bonchev–Trinajstić information content (AvgIpc) is 2.31. The van der Waals surface area contributed by atoms with E-state index in [-0.39, 0.29) is 0 Å². The van der Waals surface area contributed by atoms with Crippen LogP contribution in [0.2, 0.25) is 5.02 Å². The molecule has 6 heteroatoms. The summed E-state index contributed by atoms with van der Waals surface area (Å²) >= 11 is 12.1. The minimum Gasteiger partial charge on any atom is -0.325 e. The van der Waals surface area contributed by atoms with Crippen molar-refractivity contribution in [1.29, 1.82) is 0 Å². The Morgan fingerprint density at radius 2 is 1.78 bits per heavy atom. The lowest BCUT2D eigenvalue weighted by Gasteiger charge is -2.10. The van der Waals surface area contributed by atoms with Crippen LogP contribution in [0.25, 0.3) is 11.1 Å². The summed E-state index contributed by atoms with van der Waals surface area (Å²) in [7, 11) is 0. The molecule has 0 fully saturated rings. The quantitative estimate of drug-likeness (QED) is 0.766. The summed E-state index contributed by atoms with van der Waals surface area (Å²) in [6.45, 7) is 0. The van der Waals surface area contributed by atoms with Crippen molar-refractivity contribution < 1.29 is 9.46 Å². The molecule has 2 nitrogen and oxygen atoms in total. The van der Waals surface area contributed by atoms with E-state index in [1.165, 1.54) is 0 Å². The fourth-order valence-electron chi connectivity index (χ4n) is 1.55. The minimum atomic E-state index is -3.70. The molecule has 0 aliphatic heterocycles. The molecule has 1 N–H and O–H groups in total. The minimum absolute atomic E-state index is 0.570. The second-order valence-electron chi connectivity index (χ2n) is 3.55. The number of benzene rings is 2. The summed E-state index contributed by atoms with van der Waals surface area (Å²) in [5.74, 6) is -3.70. The molecule has 0 aliphatic rings. The van der Waals surface area contributed by atoms with E-state index >= 15 is 0 Å². The molecule has 0 radical (unpaired) electrons. The predicted molar refractivity (Wildman–Crippen MR) is 78.4 cm³/mol. The van der Waals surface area contributed by atoms with Crippen LogP contribution in [-0.2, 0) is 4.57 Å². The fourth-order valence-corrected chi connectivity index (χ4v) is 4.24. The van der Waals surface area contributed by atoms with Gasteiger partial charge in [0.25, 0.3) is 0 Å². The highest BCUT2D eigenvalue weighted by Crippen LogP contribution is 2.63. The van der Waals surface area contributed by atoms with Gasteiger partial charge in [0.15, 0.2) is 0 Å². The zero-order valence-electron chi connectivity index (χ0n) is 9.09. The zero-order valence-corrected chi connectivity index (χ0v) is 12.3. The number of halogens is 2. The Morgan fingerprint density at radius 3 is 2.39 bits per heavy atom. The number of hydrogen-bond donors (Lipinski definition) is 1. The molecular formula is C12H9Cl2O2PS. The van der Waals surface area contributed by atoms with Crippen LogP contribution in [0.5, 0.6) is 0 Å². The van der Waals surface area contributed by atoms with Gasteiger partial charge in [-0.3, -0.25) is 4.57 Å². The van der Waals surface area contributed by atoms with Crippen molar-refractivity contribution in [3.63, 3.8) is 0 Å². The number of rotatable bonds is 3. The Morgan fingerprint density at radius 1 is 1.11 bits per heavy atom. The van der Waals surface area contributed by atoms with Gasteiger partial charge in [0.1, 0.15) is 0 Å². The molecule has 1 atom stereocenters. The second kappa shape index (κ2) is 5.68. The van der Waals surface area contributed by atoms with Gasteiger partial charge in [0.05, 0.1) is 0 Å². The molecule has 2 rings (SSSR count). The van der Waals surface area contributed by atoms with Crippen molar-refractivity contribution in [2.75, 3.05) is 0 Å². The van der Waals surface area contributed by atoms with Crippen molar-refractivity contribution >= 4 is 40.1 Å². The lowest BCUT2D eigenvalue weighted by atomic mass is 10.1. The van der Waals surface area contributed by atoms with Gasteiger partial charge in [-0.1, -0.05) is 41.9 Å². The maximum atomic E-state index is 11.3. The summed E-state index contributed by atoms with van der Waals surface area (Å²) in [6.07, 6.45) is 0. The molecule has 18 heavy (non-hydrogen) atoms. The first-order valence-corrected chi connectivity index (χ1v) is 9.39. The van der Waals surface area contributed by atoms with Gasteiger partial charge in [-0.25, -0.2) is 0 Å². The summed E-state index contributed by atoms with van der Waals surface area (Å²) in [4.78, 5) is 9.89. The Balaban J connectivity index is 2.51. The van der Waals surface area contributed by atoms with Crippen LogP contribution in [0, 0.1) is 0 Å². The van der Waals surface area contributed by atoms with E-state index in [0.29, 0.717) is 9.92 Å². The van der Waals surface area contributed by atoms with Gasteiger partial charge in [0, 0.05) is 9.92 Å². The molecular weight excluding hydrogens is 310 g/mol. The van der Waals surface area contributed by atoms with Crippen molar-refractivity contribution in [3.05, 3.63) is 53.6 Å². The SMILES string of the molecule is O=P(O)(Cl)Sc1ccc(Cl)cc1-c1ccccc1. The molecule has 0 heterocycles. The standard InChI is InChI=1S/C12H9Cl2O2PS/c13-10-6-7-12(18-17(14,15)16)11(8-10)9-4-2-1-3-5-9/h1-8H,(H,15,16). The smallest absolute Gasteiger partial charge is 0.325 e. The molecule has 1 unspecified atom stereocenters. The molecule has 94 valence electrons. The molecule has 0 aromatic heterocycles. The van der Waals surface area contributed by atoms with Crippen molar-refractivity contribution in [2.24, 2.45) is 0 Å². The zero-order chi connectivity index (χ0) is 13.2. The van der Waals surface area contributed by atoms with E-state index in [2.05, 4.69) is 0 Å². The van der Waals surface area contributed by atoms with Gasteiger partial charge < -0.3 is 4.89 Å². The Labute approximate surface area is 119 Å². The van der Waals surface area contributed by atoms with E-state index < -0.39 is 5.92 Å². The summed E-state index contributed by atoms with van der Waals surface area (Å²) in [6, 6.07) is 14.6. The monoisotopic (exact) mass is 318 g/mol. The average molecular weight is 319 g/mol. The molecule has 0 saturated heterocycles. The lowest BCUT2D eigenvalue weighted by Crippen LogP contribution is -1.82. The highest BCUT2D eigenvalue weighted by molar-refractivity contribution is 8.63. The van der Waals surface area contributed by atoms with E-state index in [9.17, 15) is 9.46 Å². The Bertz CT molecular complexity index is 598. The maximum absolute atomic E-state index is 11.3. The first kappa shape index (κ1) is 14.0. The van der Waals surface area contributed by atoms with Crippen LogP contribution >= 0.6 is 40.1 Å². The van der Waals surface area contributed by atoms with Gasteiger partial charge in [-0.2, -0.15) is 0 Å². The fraction of sp³-hybridized carbons (Fsp3) is 0. The highest BCUT2D eigenvalue weighted by Gasteiger charge is 2.18. The molecule has 0 aliphatic carbocycles. The normalized spacial score (nSPS) is 14.2. The lowest BCUT2D eigenvalue weighted by molar-refractivity contribution is 0.513. The van der Waals surface area contributed by atoms with Crippen LogP contribution < -0.4 is 0 Å². The molecule has 0 amide bonds. The van der Waals surface area contributed by atoms with Crippen LogP contribution in [0.4, 0.5) is 0 Å². The Kier molecular flexibility index (Phi) is 4.41. The highest BCUT2D eigenvalue weighted by atomic mass is 35.7. The molecule has 0 spiro atoms. The molecule has 2 aromatic rings. The van der Waals surface area contributed by atoms with Gasteiger partial charge in [0.2, 0.25) is 0 Å². The van der Waals surface area contributed by atoms with E-state index in [1.807, 2.05) is 30.3 Å². The maximum Gasteiger partial charge on any atom is 0.348 e. The van der Waals surface area contributed by atoms with Crippen molar-refractivity contribution in [1.82, 2.24) is 0 Å². The van der Waals surface area contributed by atoms with Crippen molar-refractivity contribution in [2.45, 2.75) is 4.90 Å². The predicted octanol–water partition coefficient (Wildman–Crippen LogP) is 5.44.